The quantitative estimate of drug-likeness (QED) is 0.620. The number of sulfonamides is 1. The van der Waals surface area contributed by atoms with Gasteiger partial charge in [0, 0.05) is 49.2 Å². The van der Waals surface area contributed by atoms with Gasteiger partial charge >= 0.3 is 0 Å². The molecule has 0 spiro atoms. The molecule has 0 N–H and O–H groups in total. The van der Waals surface area contributed by atoms with E-state index in [2.05, 4.69) is 9.97 Å². The van der Waals surface area contributed by atoms with Gasteiger partial charge in [0.25, 0.3) is 5.91 Å². The van der Waals surface area contributed by atoms with Crippen LogP contribution in [0.3, 0.4) is 0 Å². The topological polar surface area (TPSA) is 83.5 Å². The smallest absolute Gasteiger partial charge is 0.257 e. The third-order valence-corrected chi connectivity index (χ3v) is 7.07. The van der Waals surface area contributed by atoms with Crippen molar-refractivity contribution >= 4 is 27.5 Å². The van der Waals surface area contributed by atoms with Crippen LogP contribution >= 0.6 is 11.6 Å². The number of hydrogen-bond donors (Lipinski definition) is 0. The molecule has 1 aliphatic rings. The van der Waals surface area contributed by atoms with Crippen LogP contribution in [-0.2, 0) is 10.0 Å². The molecule has 30 heavy (non-hydrogen) atoms. The molecule has 2 heterocycles. The highest BCUT2D eigenvalue weighted by Crippen LogP contribution is 2.20. The number of aromatic nitrogens is 2. The van der Waals surface area contributed by atoms with Crippen molar-refractivity contribution in [2.75, 3.05) is 26.2 Å². The van der Waals surface area contributed by atoms with E-state index >= 15 is 0 Å². The second-order valence-corrected chi connectivity index (χ2v) is 9.19. The first-order valence-electron chi connectivity index (χ1n) is 9.37. The lowest BCUT2D eigenvalue weighted by Gasteiger charge is -2.34. The summed E-state index contributed by atoms with van der Waals surface area (Å²) in [7, 11) is -3.62. The van der Waals surface area contributed by atoms with E-state index in [9.17, 15) is 13.2 Å². The lowest BCUT2D eigenvalue weighted by molar-refractivity contribution is 0.0697. The molecule has 2 aromatic carbocycles. The van der Waals surface area contributed by atoms with Gasteiger partial charge < -0.3 is 4.90 Å². The van der Waals surface area contributed by atoms with Gasteiger partial charge in [-0.1, -0.05) is 41.9 Å². The highest BCUT2D eigenvalue weighted by molar-refractivity contribution is 7.89. The van der Waals surface area contributed by atoms with Crippen LogP contribution in [0.25, 0.3) is 11.4 Å². The van der Waals surface area contributed by atoms with Gasteiger partial charge in [0.1, 0.15) is 0 Å². The highest BCUT2D eigenvalue weighted by Gasteiger charge is 2.30. The number of hydrogen-bond acceptors (Lipinski definition) is 5. The average molecular weight is 443 g/mol. The zero-order valence-electron chi connectivity index (χ0n) is 16.0. The van der Waals surface area contributed by atoms with Crippen LogP contribution in [0, 0.1) is 0 Å². The maximum atomic E-state index is 12.8. The summed E-state index contributed by atoms with van der Waals surface area (Å²) in [6.45, 7) is 1.04. The fraction of sp³-hybridized carbons (Fsp3) is 0.190. The van der Waals surface area contributed by atoms with E-state index < -0.39 is 10.0 Å². The third-order valence-electron chi connectivity index (χ3n) is 4.91. The molecule has 0 bridgehead atoms. The minimum absolute atomic E-state index is 0.191. The van der Waals surface area contributed by atoms with Crippen LogP contribution in [-0.4, -0.2) is 59.7 Å². The monoisotopic (exact) mass is 442 g/mol. The minimum Gasteiger partial charge on any atom is -0.336 e. The van der Waals surface area contributed by atoms with Crippen molar-refractivity contribution in [1.29, 1.82) is 0 Å². The van der Waals surface area contributed by atoms with E-state index in [1.165, 1.54) is 28.8 Å². The first-order valence-corrected chi connectivity index (χ1v) is 11.2. The molecular weight excluding hydrogens is 424 g/mol. The number of rotatable bonds is 4. The summed E-state index contributed by atoms with van der Waals surface area (Å²) >= 11 is 5.84. The molecular formula is C21H19ClN4O3S. The largest absolute Gasteiger partial charge is 0.336 e. The van der Waals surface area contributed by atoms with Crippen LogP contribution in [0.5, 0.6) is 0 Å². The molecule has 0 atom stereocenters. The predicted molar refractivity (Wildman–Crippen MR) is 114 cm³/mol. The zero-order valence-corrected chi connectivity index (χ0v) is 17.6. The molecule has 1 amide bonds. The number of carbonyl (C=O) groups excluding carboxylic acids is 1. The summed E-state index contributed by atoms with van der Waals surface area (Å²) in [5.41, 5.74) is 1.25. The molecule has 0 aliphatic carbocycles. The molecule has 154 valence electrons. The summed E-state index contributed by atoms with van der Waals surface area (Å²) in [5, 5.41) is 0.477. The fourth-order valence-electron chi connectivity index (χ4n) is 3.24. The maximum Gasteiger partial charge on any atom is 0.257 e. The van der Waals surface area contributed by atoms with Crippen molar-refractivity contribution in [1.82, 2.24) is 19.2 Å². The normalized spacial score (nSPS) is 15.2. The maximum absolute atomic E-state index is 12.8. The van der Waals surface area contributed by atoms with Crippen LogP contribution in [0.4, 0.5) is 0 Å². The van der Waals surface area contributed by atoms with Gasteiger partial charge in [-0.25, -0.2) is 18.4 Å². The Hall–Kier alpha value is -2.81. The second kappa shape index (κ2) is 8.51. The minimum atomic E-state index is -3.62. The van der Waals surface area contributed by atoms with E-state index in [1.54, 1.807) is 17.0 Å². The van der Waals surface area contributed by atoms with Gasteiger partial charge in [-0.2, -0.15) is 4.31 Å². The van der Waals surface area contributed by atoms with Gasteiger partial charge in [0.05, 0.1) is 10.5 Å². The first kappa shape index (κ1) is 20.5. The van der Waals surface area contributed by atoms with Gasteiger partial charge in [0.2, 0.25) is 10.0 Å². The highest BCUT2D eigenvalue weighted by atomic mass is 35.5. The van der Waals surface area contributed by atoms with E-state index in [1.807, 2.05) is 30.3 Å². The summed E-state index contributed by atoms with van der Waals surface area (Å²) in [5.74, 6) is 0.337. The van der Waals surface area contributed by atoms with Crippen LogP contribution in [0.1, 0.15) is 10.4 Å². The molecule has 1 aliphatic heterocycles. The molecule has 0 saturated carbocycles. The van der Waals surface area contributed by atoms with Crippen molar-refractivity contribution in [2.45, 2.75) is 4.90 Å². The summed E-state index contributed by atoms with van der Waals surface area (Å²) in [6, 6.07) is 15.6. The molecule has 7 nitrogen and oxygen atoms in total. The van der Waals surface area contributed by atoms with Crippen LogP contribution in [0.2, 0.25) is 5.02 Å². The Kier molecular flexibility index (Phi) is 5.80. The van der Waals surface area contributed by atoms with Crippen LogP contribution in [0.15, 0.2) is 71.9 Å². The zero-order chi connectivity index (χ0) is 21.1. The average Bonchev–Trinajstić information content (AvgIpc) is 2.80. The Balaban J connectivity index is 1.41. The number of carbonyl (C=O) groups is 1. The van der Waals surface area contributed by atoms with Crippen molar-refractivity contribution in [3.63, 3.8) is 0 Å². The standard InChI is InChI=1S/C21H19ClN4O3S/c22-18-6-8-19(9-7-18)30(28,29)26-12-10-25(11-13-26)21(27)17-14-23-20(24-15-17)16-4-2-1-3-5-16/h1-9,14-15H,10-13H2. The second-order valence-electron chi connectivity index (χ2n) is 6.81. The number of piperazine rings is 1. The molecule has 1 saturated heterocycles. The molecule has 3 aromatic rings. The fourth-order valence-corrected chi connectivity index (χ4v) is 4.79. The van der Waals surface area contributed by atoms with Crippen molar-refractivity contribution in [3.8, 4) is 11.4 Å². The Morgan fingerprint density at radius 1 is 0.867 bits per heavy atom. The van der Waals surface area contributed by atoms with E-state index in [4.69, 9.17) is 11.6 Å². The van der Waals surface area contributed by atoms with Gasteiger partial charge in [-0.15, -0.1) is 0 Å². The lowest BCUT2D eigenvalue weighted by atomic mass is 10.2. The van der Waals surface area contributed by atoms with E-state index in [-0.39, 0.29) is 23.9 Å². The molecule has 1 fully saturated rings. The van der Waals surface area contributed by atoms with Crippen LogP contribution < -0.4 is 0 Å². The Bertz CT molecular complexity index is 1130. The van der Waals surface area contributed by atoms with Crippen molar-refractivity contribution in [3.05, 3.63) is 77.6 Å². The molecule has 0 radical (unpaired) electrons. The first-order chi connectivity index (χ1) is 14.4. The van der Waals surface area contributed by atoms with E-state index in [0.29, 0.717) is 29.5 Å². The van der Waals surface area contributed by atoms with Gasteiger partial charge in [0.15, 0.2) is 5.82 Å². The van der Waals surface area contributed by atoms with Gasteiger partial charge in [-0.3, -0.25) is 4.79 Å². The van der Waals surface area contributed by atoms with Crippen molar-refractivity contribution < 1.29 is 13.2 Å². The summed E-state index contributed by atoms with van der Waals surface area (Å²) in [4.78, 5) is 23.2. The third kappa shape index (κ3) is 4.21. The molecule has 9 heteroatoms. The molecule has 0 unspecified atom stereocenters. The molecule has 1 aromatic heterocycles. The Morgan fingerprint density at radius 3 is 2.07 bits per heavy atom. The van der Waals surface area contributed by atoms with Crippen molar-refractivity contribution in [2.24, 2.45) is 0 Å². The van der Waals surface area contributed by atoms with E-state index in [0.717, 1.165) is 5.56 Å². The van der Waals surface area contributed by atoms with Gasteiger partial charge in [-0.05, 0) is 24.3 Å². The lowest BCUT2D eigenvalue weighted by Crippen LogP contribution is -2.50. The Labute approximate surface area is 180 Å². The number of amides is 1. The SMILES string of the molecule is O=C(c1cnc(-c2ccccc2)nc1)N1CCN(S(=O)(=O)c2ccc(Cl)cc2)CC1. The predicted octanol–water partition coefficient (Wildman–Crippen LogP) is 2.94. The number of halogens is 1. The number of benzene rings is 2. The number of nitrogens with zero attached hydrogens (tertiary/aromatic N) is 4. The summed E-state index contributed by atoms with van der Waals surface area (Å²) in [6.07, 6.45) is 3.02. The Morgan fingerprint density at radius 2 is 1.47 bits per heavy atom. The summed E-state index contributed by atoms with van der Waals surface area (Å²) < 4.78 is 26.9. The molecule has 4 rings (SSSR count).